The van der Waals surface area contributed by atoms with E-state index in [1.165, 1.54) is 38.6 Å². The van der Waals surface area contributed by atoms with E-state index in [0.29, 0.717) is 12.6 Å². The van der Waals surface area contributed by atoms with Crippen LogP contribution < -0.4 is 0 Å². The standard InChI is InChI=1S/C9H17NO/c11-7-9-5-6-10(9)8-3-1-2-4-8/h8-9,11H,1-7H2/t9-/m0/s1. The van der Waals surface area contributed by atoms with E-state index in [9.17, 15) is 0 Å². The Morgan fingerprint density at radius 3 is 2.36 bits per heavy atom. The summed E-state index contributed by atoms with van der Waals surface area (Å²) in [6.07, 6.45) is 6.76. The second-order valence-electron chi connectivity index (χ2n) is 3.80. The number of likely N-dealkylation sites (tertiary alicyclic amines) is 1. The van der Waals surface area contributed by atoms with Crippen LogP contribution >= 0.6 is 0 Å². The highest BCUT2D eigenvalue weighted by Crippen LogP contribution is 2.30. The molecule has 1 heterocycles. The number of aliphatic hydroxyl groups excluding tert-OH is 1. The van der Waals surface area contributed by atoms with E-state index in [1.54, 1.807) is 0 Å². The Balaban J connectivity index is 1.84. The molecule has 2 heteroatoms. The molecule has 0 unspecified atom stereocenters. The zero-order valence-electron chi connectivity index (χ0n) is 7.00. The molecule has 0 amide bonds. The normalized spacial score (nSPS) is 34.1. The SMILES string of the molecule is OC[C@@H]1CCN1C1CCCC1. The van der Waals surface area contributed by atoms with Gasteiger partial charge in [-0.3, -0.25) is 4.90 Å². The molecule has 1 atom stereocenters. The van der Waals surface area contributed by atoms with Crippen LogP contribution in [0.2, 0.25) is 0 Å². The molecule has 0 bridgehead atoms. The quantitative estimate of drug-likeness (QED) is 0.643. The molecule has 11 heavy (non-hydrogen) atoms. The maximum Gasteiger partial charge on any atom is 0.0587 e. The van der Waals surface area contributed by atoms with Crippen molar-refractivity contribution in [3.63, 3.8) is 0 Å². The Labute approximate surface area is 68.2 Å². The lowest BCUT2D eigenvalue weighted by Crippen LogP contribution is -2.54. The van der Waals surface area contributed by atoms with Crippen LogP contribution in [0.4, 0.5) is 0 Å². The van der Waals surface area contributed by atoms with Gasteiger partial charge in [0.05, 0.1) is 6.61 Å². The summed E-state index contributed by atoms with van der Waals surface area (Å²) in [5.41, 5.74) is 0. The maximum atomic E-state index is 8.98. The number of rotatable bonds is 2. The second kappa shape index (κ2) is 3.11. The number of hydrogen-bond donors (Lipinski definition) is 1. The molecule has 0 spiro atoms. The third-order valence-corrected chi connectivity index (χ3v) is 3.19. The Hall–Kier alpha value is -0.0800. The van der Waals surface area contributed by atoms with E-state index in [-0.39, 0.29) is 0 Å². The molecule has 0 aromatic heterocycles. The molecule has 1 saturated carbocycles. The summed E-state index contributed by atoms with van der Waals surface area (Å²) >= 11 is 0. The molecule has 1 saturated heterocycles. The first-order valence-electron chi connectivity index (χ1n) is 4.78. The van der Waals surface area contributed by atoms with Gasteiger partial charge in [0.15, 0.2) is 0 Å². The number of hydrogen-bond acceptors (Lipinski definition) is 2. The van der Waals surface area contributed by atoms with Crippen LogP contribution in [0, 0.1) is 0 Å². The van der Waals surface area contributed by atoms with Crippen LogP contribution in [0.3, 0.4) is 0 Å². The van der Waals surface area contributed by atoms with Gasteiger partial charge in [0, 0.05) is 18.6 Å². The van der Waals surface area contributed by atoms with E-state index in [4.69, 9.17) is 5.11 Å². The van der Waals surface area contributed by atoms with Crippen LogP contribution in [0.5, 0.6) is 0 Å². The van der Waals surface area contributed by atoms with Crippen molar-refractivity contribution in [2.45, 2.75) is 44.2 Å². The zero-order valence-corrected chi connectivity index (χ0v) is 7.00. The maximum absolute atomic E-state index is 8.98. The molecule has 1 aliphatic carbocycles. The Morgan fingerprint density at radius 1 is 1.18 bits per heavy atom. The number of nitrogens with zero attached hydrogens (tertiary/aromatic N) is 1. The van der Waals surface area contributed by atoms with Gasteiger partial charge in [0.1, 0.15) is 0 Å². The Morgan fingerprint density at radius 2 is 1.91 bits per heavy atom. The molecular formula is C9H17NO. The fourth-order valence-electron chi connectivity index (χ4n) is 2.37. The zero-order chi connectivity index (χ0) is 7.68. The largest absolute Gasteiger partial charge is 0.395 e. The molecule has 0 radical (unpaired) electrons. The van der Waals surface area contributed by atoms with E-state index in [1.807, 2.05) is 0 Å². The summed E-state index contributed by atoms with van der Waals surface area (Å²) in [6, 6.07) is 1.33. The molecule has 2 rings (SSSR count). The molecule has 1 aliphatic heterocycles. The predicted molar refractivity (Wildman–Crippen MR) is 44.5 cm³/mol. The molecule has 1 N–H and O–H groups in total. The first-order chi connectivity index (χ1) is 5.42. The topological polar surface area (TPSA) is 23.5 Å². The lowest BCUT2D eigenvalue weighted by molar-refractivity contribution is 0.00753. The lowest BCUT2D eigenvalue weighted by Gasteiger charge is -2.44. The average Bonchev–Trinajstić information content (AvgIpc) is 2.39. The minimum atomic E-state index is 0.372. The van der Waals surface area contributed by atoms with E-state index in [2.05, 4.69) is 4.90 Å². The third-order valence-electron chi connectivity index (χ3n) is 3.19. The van der Waals surface area contributed by atoms with Gasteiger partial charge in [-0.15, -0.1) is 0 Å². The molecule has 0 aromatic carbocycles. The van der Waals surface area contributed by atoms with E-state index >= 15 is 0 Å². The van der Waals surface area contributed by atoms with Crippen LogP contribution in [-0.4, -0.2) is 35.2 Å². The van der Waals surface area contributed by atoms with Crippen molar-refractivity contribution in [3.05, 3.63) is 0 Å². The summed E-state index contributed by atoms with van der Waals surface area (Å²) in [4.78, 5) is 2.49. The molecule has 64 valence electrons. The van der Waals surface area contributed by atoms with Crippen molar-refractivity contribution in [2.75, 3.05) is 13.2 Å². The molecule has 0 aromatic rings. The monoisotopic (exact) mass is 155 g/mol. The first-order valence-corrected chi connectivity index (χ1v) is 4.78. The van der Waals surface area contributed by atoms with Crippen molar-refractivity contribution in [3.8, 4) is 0 Å². The van der Waals surface area contributed by atoms with Crippen molar-refractivity contribution < 1.29 is 5.11 Å². The summed E-state index contributed by atoms with van der Waals surface area (Å²) in [5.74, 6) is 0. The highest BCUT2D eigenvalue weighted by atomic mass is 16.3. The Bertz CT molecular complexity index is 130. The minimum absolute atomic E-state index is 0.372. The molecule has 2 nitrogen and oxygen atoms in total. The molecule has 2 fully saturated rings. The summed E-state index contributed by atoms with van der Waals surface area (Å²) < 4.78 is 0. The van der Waals surface area contributed by atoms with Gasteiger partial charge < -0.3 is 5.11 Å². The number of aliphatic hydroxyl groups is 1. The second-order valence-corrected chi connectivity index (χ2v) is 3.80. The smallest absolute Gasteiger partial charge is 0.0587 e. The highest BCUT2D eigenvalue weighted by molar-refractivity contribution is 4.89. The predicted octanol–water partition coefficient (Wildman–Crippen LogP) is 0.996. The van der Waals surface area contributed by atoms with Gasteiger partial charge in [-0.2, -0.15) is 0 Å². The fraction of sp³-hybridized carbons (Fsp3) is 1.00. The first kappa shape index (κ1) is 7.56. The van der Waals surface area contributed by atoms with Crippen molar-refractivity contribution in [2.24, 2.45) is 0 Å². The van der Waals surface area contributed by atoms with Crippen LogP contribution in [-0.2, 0) is 0 Å². The molecular weight excluding hydrogens is 138 g/mol. The van der Waals surface area contributed by atoms with Crippen molar-refractivity contribution in [1.82, 2.24) is 4.90 Å². The van der Waals surface area contributed by atoms with E-state index in [0.717, 1.165) is 6.04 Å². The minimum Gasteiger partial charge on any atom is -0.395 e. The van der Waals surface area contributed by atoms with Crippen molar-refractivity contribution >= 4 is 0 Å². The van der Waals surface area contributed by atoms with Gasteiger partial charge in [0.25, 0.3) is 0 Å². The summed E-state index contributed by atoms with van der Waals surface area (Å²) in [6.45, 7) is 1.60. The summed E-state index contributed by atoms with van der Waals surface area (Å²) in [7, 11) is 0. The van der Waals surface area contributed by atoms with Crippen molar-refractivity contribution in [1.29, 1.82) is 0 Å². The molecule has 2 aliphatic rings. The Kier molecular flexibility index (Phi) is 2.14. The van der Waals surface area contributed by atoms with Gasteiger partial charge in [-0.1, -0.05) is 12.8 Å². The average molecular weight is 155 g/mol. The lowest BCUT2D eigenvalue weighted by atomic mass is 10.00. The third kappa shape index (κ3) is 1.30. The van der Waals surface area contributed by atoms with Gasteiger partial charge in [0.2, 0.25) is 0 Å². The van der Waals surface area contributed by atoms with Gasteiger partial charge in [-0.25, -0.2) is 0 Å². The highest BCUT2D eigenvalue weighted by Gasteiger charge is 2.34. The van der Waals surface area contributed by atoms with E-state index < -0.39 is 0 Å². The summed E-state index contributed by atoms with van der Waals surface area (Å²) in [5, 5.41) is 8.98. The van der Waals surface area contributed by atoms with Gasteiger partial charge >= 0.3 is 0 Å². The van der Waals surface area contributed by atoms with Crippen LogP contribution in [0.25, 0.3) is 0 Å². The van der Waals surface area contributed by atoms with Crippen LogP contribution in [0.15, 0.2) is 0 Å². The van der Waals surface area contributed by atoms with Gasteiger partial charge in [-0.05, 0) is 19.3 Å². The fourth-order valence-corrected chi connectivity index (χ4v) is 2.37. The van der Waals surface area contributed by atoms with Crippen LogP contribution in [0.1, 0.15) is 32.1 Å².